The Balaban J connectivity index is 1.10. The predicted molar refractivity (Wildman–Crippen MR) is 164 cm³/mol. The number of amides is 1. The highest BCUT2D eigenvalue weighted by atomic mass is 16.5. The van der Waals surface area contributed by atoms with Crippen molar-refractivity contribution in [1.82, 2.24) is 20.1 Å². The summed E-state index contributed by atoms with van der Waals surface area (Å²) in [5.41, 5.74) is 8.88. The van der Waals surface area contributed by atoms with Crippen LogP contribution in [-0.2, 0) is 6.42 Å². The van der Waals surface area contributed by atoms with E-state index in [4.69, 9.17) is 15.2 Å². The molecule has 1 saturated heterocycles. The zero-order chi connectivity index (χ0) is 28.9. The highest BCUT2D eigenvalue weighted by molar-refractivity contribution is 5.94. The van der Waals surface area contributed by atoms with E-state index < -0.39 is 5.91 Å². The Morgan fingerprint density at radius 3 is 2.71 bits per heavy atom. The van der Waals surface area contributed by atoms with E-state index in [2.05, 4.69) is 37.5 Å². The normalized spacial score (nSPS) is 20.8. The molecule has 218 valence electrons. The Labute approximate surface area is 247 Å². The van der Waals surface area contributed by atoms with E-state index >= 15 is 0 Å². The van der Waals surface area contributed by atoms with E-state index in [0.29, 0.717) is 35.2 Å². The monoisotopic (exact) mass is 565 g/mol. The van der Waals surface area contributed by atoms with Crippen LogP contribution in [0.4, 0.5) is 11.6 Å². The molecule has 0 spiro atoms. The van der Waals surface area contributed by atoms with Crippen LogP contribution in [0.15, 0.2) is 65.4 Å². The van der Waals surface area contributed by atoms with Crippen molar-refractivity contribution in [2.24, 2.45) is 17.6 Å². The first kappa shape index (κ1) is 27.9. The van der Waals surface area contributed by atoms with Crippen molar-refractivity contribution in [3.05, 3.63) is 72.4 Å². The summed E-state index contributed by atoms with van der Waals surface area (Å²) in [6.07, 6.45) is 13.0. The number of nitrogens with one attached hydrogen (secondary N) is 1. The SMILES string of the molecule is CCc1nc(-c2ccc(N3CCC[C@H](C[C@@H]4CCCC[C@H]4Nc4cc(-c5cccc(C(N)=O)c5)ccn4)C3)nc2)no1. The van der Waals surface area contributed by atoms with Crippen molar-refractivity contribution in [3.63, 3.8) is 0 Å². The van der Waals surface area contributed by atoms with Gasteiger partial charge in [0.05, 0.1) is 0 Å². The zero-order valence-electron chi connectivity index (χ0n) is 24.2. The van der Waals surface area contributed by atoms with Crippen LogP contribution in [0.1, 0.15) is 68.1 Å². The van der Waals surface area contributed by atoms with Crippen LogP contribution in [0.2, 0.25) is 0 Å². The minimum atomic E-state index is -0.419. The second-order valence-electron chi connectivity index (χ2n) is 11.6. The first-order valence-corrected chi connectivity index (χ1v) is 15.2. The van der Waals surface area contributed by atoms with Crippen LogP contribution < -0.4 is 16.0 Å². The summed E-state index contributed by atoms with van der Waals surface area (Å²) in [6, 6.07) is 16.0. The molecule has 1 aliphatic heterocycles. The molecule has 0 unspecified atom stereocenters. The molecule has 1 amide bonds. The van der Waals surface area contributed by atoms with Gasteiger partial charge < -0.3 is 20.5 Å². The fourth-order valence-corrected chi connectivity index (χ4v) is 6.53. The summed E-state index contributed by atoms with van der Waals surface area (Å²) in [7, 11) is 0. The van der Waals surface area contributed by atoms with E-state index in [9.17, 15) is 4.79 Å². The summed E-state index contributed by atoms with van der Waals surface area (Å²) < 4.78 is 5.26. The van der Waals surface area contributed by atoms with Crippen molar-refractivity contribution in [1.29, 1.82) is 0 Å². The van der Waals surface area contributed by atoms with Crippen molar-refractivity contribution < 1.29 is 9.32 Å². The molecule has 1 aromatic carbocycles. The summed E-state index contributed by atoms with van der Waals surface area (Å²) in [5.74, 6) is 3.96. The van der Waals surface area contributed by atoms with Gasteiger partial charge in [0.2, 0.25) is 17.6 Å². The average Bonchev–Trinajstić information content (AvgIpc) is 3.52. The number of nitrogens with zero attached hydrogens (tertiary/aromatic N) is 5. The van der Waals surface area contributed by atoms with E-state index in [1.807, 2.05) is 49.6 Å². The number of primary amides is 1. The lowest BCUT2D eigenvalue weighted by atomic mass is 9.77. The molecule has 6 rings (SSSR count). The van der Waals surface area contributed by atoms with E-state index in [-0.39, 0.29) is 0 Å². The van der Waals surface area contributed by atoms with Gasteiger partial charge in [-0.3, -0.25) is 4.79 Å². The van der Waals surface area contributed by atoms with Crippen LogP contribution >= 0.6 is 0 Å². The number of nitrogens with two attached hydrogens (primary N) is 1. The summed E-state index contributed by atoms with van der Waals surface area (Å²) in [4.78, 5) is 28.0. The van der Waals surface area contributed by atoms with Crippen LogP contribution in [0.5, 0.6) is 0 Å². The quantitative estimate of drug-likeness (QED) is 0.248. The van der Waals surface area contributed by atoms with Crippen molar-refractivity contribution in [2.45, 2.75) is 64.3 Å². The summed E-state index contributed by atoms with van der Waals surface area (Å²) in [6.45, 7) is 4.06. The minimum absolute atomic E-state index is 0.397. The van der Waals surface area contributed by atoms with E-state index in [0.717, 1.165) is 54.3 Å². The molecular formula is C33H39N7O2. The van der Waals surface area contributed by atoms with Gasteiger partial charge in [-0.25, -0.2) is 9.97 Å². The Morgan fingerprint density at radius 2 is 1.90 bits per heavy atom. The van der Waals surface area contributed by atoms with Gasteiger partial charge in [-0.05, 0) is 91.5 Å². The van der Waals surface area contributed by atoms with Crippen molar-refractivity contribution in [3.8, 4) is 22.5 Å². The molecule has 3 aromatic heterocycles. The molecule has 3 atom stereocenters. The Bertz CT molecular complexity index is 1500. The smallest absolute Gasteiger partial charge is 0.248 e. The minimum Gasteiger partial charge on any atom is -0.367 e. The third-order valence-corrected chi connectivity index (χ3v) is 8.74. The van der Waals surface area contributed by atoms with Crippen LogP contribution in [0.3, 0.4) is 0 Å². The molecule has 2 aliphatic rings. The molecule has 9 nitrogen and oxygen atoms in total. The van der Waals surface area contributed by atoms with Crippen molar-refractivity contribution >= 4 is 17.5 Å². The number of rotatable bonds is 9. The number of aryl methyl sites for hydroxylation is 1. The highest BCUT2D eigenvalue weighted by Crippen LogP contribution is 2.35. The van der Waals surface area contributed by atoms with Gasteiger partial charge in [0, 0.05) is 49.1 Å². The van der Waals surface area contributed by atoms with Crippen LogP contribution in [0, 0.1) is 11.8 Å². The average molecular weight is 566 g/mol. The summed E-state index contributed by atoms with van der Waals surface area (Å²) in [5, 5.41) is 7.87. The topological polar surface area (TPSA) is 123 Å². The number of hydrogen-bond donors (Lipinski definition) is 2. The Morgan fingerprint density at radius 1 is 1.02 bits per heavy atom. The molecule has 0 bridgehead atoms. The Kier molecular flexibility index (Phi) is 8.44. The molecule has 42 heavy (non-hydrogen) atoms. The lowest BCUT2D eigenvalue weighted by Gasteiger charge is -2.39. The molecule has 0 radical (unpaired) electrons. The van der Waals surface area contributed by atoms with Gasteiger partial charge in [-0.15, -0.1) is 0 Å². The fraction of sp³-hybridized carbons (Fsp3) is 0.424. The number of anilines is 2. The van der Waals surface area contributed by atoms with Gasteiger partial charge in [0.25, 0.3) is 0 Å². The Hall–Kier alpha value is -4.27. The van der Waals surface area contributed by atoms with Gasteiger partial charge in [-0.1, -0.05) is 37.1 Å². The van der Waals surface area contributed by atoms with Crippen molar-refractivity contribution in [2.75, 3.05) is 23.3 Å². The number of piperidine rings is 1. The molecule has 2 fully saturated rings. The maximum atomic E-state index is 11.7. The first-order valence-electron chi connectivity index (χ1n) is 15.2. The first-order chi connectivity index (χ1) is 20.6. The standard InChI is InChI=1S/C33H39N7O2/c1-2-31-38-33(39-42-31)27-12-13-30(36-20-27)40-16-6-7-22(21-40)17-25-8-3-4-11-28(25)37-29-19-24(14-15-35-29)23-9-5-10-26(18-23)32(34)41/h5,9-10,12-15,18-20,22,25,28H,2-4,6-8,11,16-17,21H2,1H3,(H2,34,41)(H,35,37)/t22-,25+,28-/m1/s1. The number of hydrogen-bond acceptors (Lipinski definition) is 8. The molecule has 1 aliphatic carbocycles. The second kappa shape index (κ2) is 12.7. The number of aromatic nitrogens is 4. The number of pyridine rings is 2. The zero-order valence-corrected chi connectivity index (χ0v) is 24.2. The van der Waals surface area contributed by atoms with E-state index in [1.165, 1.54) is 38.5 Å². The molecule has 4 aromatic rings. The van der Waals surface area contributed by atoms with Gasteiger partial charge in [0.15, 0.2) is 0 Å². The lowest BCUT2D eigenvalue weighted by molar-refractivity contribution is 0.100. The molecule has 4 heterocycles. The third-order valence-electron chi connectivity index (χ3n) is 8.74. The van der Waals surface area contributed by atoms with Gasteiger partial charge >= 0.3 is 0 Å². The molecule has 1 saturated carbocycles. The third kappa shape index (κ3) is 6.45. The maximum absolute atomic E-state index is 11.7. The van der Waals surface area contributed by atoms with Gasteiger partial charge in [-0.2, -0.15) is 4.98 Å². The predicted octanol–water partition coefficient (Wildman–Crippen LogP) is 6.13. The number of benzene rings is 1. The maximum Gasteiger partial charge on any atom is 0.248 e. The second-order valence-corrected chi connectivity index (χ2v) is 11.6. The van der Waals surface area contributed by atoms with Crippen LogP contribution in [0.25, 0.3) is 22.5 Å². The van der Waals surface area contributed by atoms with Gasteiger partial charge in [0.1, 0.15) is 11.6 Å². The molecule has 9 heteroatoms. The summed E-state index contributed by atoms with van der Waals surface area (Å²) >= 11 is 0. The fourth-order valence-electron chi connectivity index (χ4n) is 6.53. The lowest BCUT2D eigenvalue weighted by Crippen LogP contribution is -2.39. The van der Waals surface area contributed by atoms with Crippen LogP contribution in [-0.4, -0.2) is 45.1 Å². The highest BCUT2D eigenvalue weighted by Gasteiger charge is 2.30. The number of carbonyl (C=O) groups is 1. The molecule has 3 N–H and O–H groups in total. The molecular weight excluding hydrogens is 526 g/mol. The van der Waals surface area contributed by atoms with E-state index in [1.54, 1.807) is 6.07 Å². The number of carbonyl (C=O) groups excluding carboxylic acids is 1. The largest absolute Gasteiger partial charge is 0.367 e.